The summed E-state index contributed by atoms with van der Waals surface area (Å²) in [7, 11) is -3.80. The maximum Gasteiger partial charge on any atom is 0.258 e. The van der Waals surface area contributed by atoms with E-state index in [1.807, 2.05) is 32.0 Å². The average molecular weight is 543 g/mol. The van der Waals surface area contributed by atoms with Gasteiger partial charge in [-0.1, -0.05) is 35.5 Å². The van der Waals surface area contributed by atoms with Crippen LogP contribution in [0.1, 0.15) is 60.3 Å². The maximum absolute atomic E-state index is 13.1. The molecule has 1 aromatic heterocycles. The van der Waals surface area contributed by atoms with Crippen LogP contribution in [0.2, 0.25) is 0 Å². The third kappa shape index (κ3) is 5.32. The van der Waals surface area contributed by atoms with Crippen LogP contribution >= 0.6 is 0 Å². The smallest absolute Gasteiger partial charge is 0.258 e. The minimum Gasteiger partial charge on any atom is -0.490 e. The van der Waals surface area contributed by atoms with E-state index in [0.29, 0.717) is 41.1 Å². The molecule has 39 heavy (non-hydrogen) atoms. The fourth-order valence-electron chi connectivity index (χ4n) is 4.67. The summed E-state index contributed by atoms with van der Waals surface area (Å²) in [5.74, 6) is 1.00. The van der Waals surface area contributed by atoms with Crippen LogP contribution in [0.15, 0.2) is 70.1 Å². The zero-order valence-electron chi connectivity index (χ0n) is 21.6. The molecule has 5 rings (SSSR count). The number of nitriles is 1. The number of carbonyl (C=O) groups excluding carboxylic acids is 1. The van der Waals surface area contributed by atoms with Crippen LogP contribution < -0.4 is 9.46 Å². The first kappa shape index (κ1) is 26.3. The van der Waals surface area contributed by atoms with Gasteiger partial charge in [-0.25, -0.2) is 13.1 Å². The zero-order valence-corrected chi connectivity index (χ0v) is 22.5. The molecule has 0 bridgehead atoms. The molecule has 0 unspecified atom stereocenters. The molecule has 0 radical (unpaired) electrons. The quantitative estimate of drug-likeness (QED) is 0.299. The van der Waals surface area contributed by atoms with Gasteiger partial charge in [0.2, 0.25) is 15.8 Å². The van der Waals surface area contributed by atoms with E-state index in [0.717, 1.165) is 16.7 Å². The van der Waals surface area contributed by atoms with E-state index in [9.17, 15) is 18.5 Å². The maximum atomic E-state index is 13.1. The molecule has 198 valence electrons. The number of fused-ring (bicyclic) bond motifs is 1. The van der Waals surface area contributed by atoms with Crippen molar-refractivity contribution >= 4 is 15.8 Å². The van der Waals surface area contributed by atoms with Gasteiger partial charge in [0.05, 0.1) is 16.6 Å². The van der Waals surface area contributed by atoms with Crippen molar-refractivity contribution in [1.29, 1.82) is 5.26 Å². The van der Waals surface area contributed by atoms with Crippen LogP contribution in [0.4, 0.5) is 0 Å². The summed E-state index contributed by atoms with van der Waals surface area (Å²) in [6.45, 7) is 5.21. The van der Waals surface area contributed by atoms with Gasteiger partial charge in [0.25, 0.3) is 5.89 Å². The number of ketones is 1. The predicted octanol–water partition coefficient (Wildman–Crippen LogP) is 5.23. The lowest BCUT2D eigenvalue weighted by Gasteiger charge is -2.15. The molecule has 0 amide bonds. The molecule has 1 aliphatic rings. The Kier molecular flexibility index (Phi) is 7.04. The largest absolute Gasteiger partial charge is 0.490 e. The molecule has 0 saturated carbocycles. The number of carbonyl (C=O) groups is 1. The number of nitrogens with one attached hydrogen (secondary N) is 1. The molecular formula is C29H26N4O5S. The molecule has 0 aliphatic heterocycles. The van der Waals surface area contributed by atoms with Gasteiger partial charge in [0, 0.05) is 22.7 Å². The van der Waals surface area contributed by atoms with E-state index < -0.39 is 16.1 Å². The van der Waals surface area contributed by atoms with E-state index in [2.05, 4.69) is 20.9 Å². The Morgan fingerprint density at radius 2 is 1.92 bits per heavy atom. The minimum atomic E-state index is -3.80. The Balaban J connectivity index is 1.40. The number of rotatable bonds is 8. The summed E-state index contributed by atoms with van der Waals surface area (Å²) in [5, 5.41) is 13.7. The fourth-order valence-corrected chi connectivity index (χ4v) is 5.92. The standard InChI is InChI=1S/C29H26N4O5S/c1-17(2)37-27-14-9-20(15-21(27)16-30)29-31-28(32-38-29)25-6-4-5-24-23(25)12-13-26(24)33-39(35,36)22-10-7-19(8-11-22)18(3)34/h4-11,14-15,17,26,33H,12-13H2,1-3H3/t26-/m0/s1. The molecule has 9 nitrogen and oxygen atoms in total. The Hall–Kier alpha value is -4.33. The molecule has 0 fully saturated rings. The second-order valence-corrected chi connectivity index (χ2v) is 11.3. The van der Waals surface area contributed by atoms with E-state index >= 15 is 0 Å². The van der Waals surface area contributed by atoms with Crippen LogP contribution in [0.5, 0.6) is 5.75 Å². The molecular weight excluding hydrogens is 516 g/mol. The first-order valence-corrected chi connectivity index (χ1v) is 13.9. The molecule has 1 atom stereocenters. The molecule has 1 heterocycles. The van der Waals surface area contributed by atoms with Gasteiger partial charge in [0.1, 0.15) is 11.8 Å². The lowest BCUT2D eigenvalue weighted by atomic mass is 10.0. The van der Waals surface area contributed by atoms with E-state index in [1.54, 1.807) is 18.2 Å². The van der Waals surface area contributed by atoms with Crippen LogP contribution in [0.25, 0.3) is 22.8 Å². The van der Waals surface area contributed by atoms with Crippen molar-refractivity contribution in [2.45, 2.75) is 50.7 Å². The van der Waals surface area contributed by atoms with Crippen LogP contribution in [-0.2, 0) is 16.4 Å². The van der Waals surface area contributed by atoms with Crippen molar-refractivity contribution < 1.29 is 22.5 Å². The predicted molar refractivity (Wildman–Crippen MR) is 143 cm³/mol. The number of hydrogen-bond donors (Lipinski definition) is 1. The van der Waals surface area contributed by atoms with Crippen LogP contribution in [0.3, 0.4) is 0 Å². The lowest BCUT2D eigenvalue weighted by molar-refractivity contribution is 0.101. The summed E-state index contributed by atoms with van der Waals surface area (Å²) >= 11 is 0. The second-order valence-electron chi connectivity index (χ2n) is 9.58. The molecule has 0 saturated heterocycles. The molecule has 3 aromatic carbocycles. The van der Waals surface area contributed by atoms with Crippen molar-refractivity contribution in [1.82, 2.24) is 14.9 Å². The van der Waals surface area contributed by atoms with Crippen molar-refractivity contribution in [2.24, 2.45) is 0 Å². The normalized spacial score (nSPS) is 14.7. The van der Waals surface area contributed by atoms with E-state index in [-0.39, 0.29) is 22.7 Å². The second kappa shape index (κ2) is 10.4. The number of sulfonamides is 1. The highest BCUT2D eigenvalue weighted by Crippen LogP contribution is 2.38. The minimum absolute atomic E-state index is 0.0706. The number of Topliss-reactive ketones (excluding diaryl/α,β-unsaturated/α-hetero) is 1. The number of hydrogen-bond acceptors (Lipinski definition) is 8. The van der Waals surface area contributed by atoms with E-state index in [4.69, 9.17) is 9.26 Å². The highest BCUT2D eigenvalue weighted by Gasteiger charge is 2.30. The average Bonchev–Trinajstić information content (AvgIpc) is 3.56. The summed E-state index contributed by atoms with van der Waals surface area (Å²) in [6, 6.07) is 18.3. The first-order chi connectivity index (χ1) is 18.7. The lowest BCUT2D eigenvalue weighted by Crippen LogP contribution is -2.27. The highest BCUT2D eigenvalue weighted by molar-refractivity contribution is 7.89. The number of aromatic nitrogens is 2. The van der Waals surface area contributed by atoms with Crippen molar-refractivity contribution in [3.63, 3.8) is 0 Å². The Bertz CT molecular complexity index is 1700. The van der Waals surface area contributed by atoms with Gasteiger partial charge in [-0.2, -0.15) is 10.2 Å². The SMILES string of the molecule is CC(=O)c1ccc(S(=O)(=O)N[C@H]2CCc3c(-c4noc(-c5ccc(OC(C)C)c(C#N)c5)n4)cccc32)cc1. The summed E-state index contributed by atoms with van der Waals surface area (Å²) < 4.78 is 40.1. The van der Waals surface area contributed by atoms with Crippen molar-refractivity contribution in [2.75, 3.05) is 0 Å². The Morgan fingerprint density at radius 1 is 1.15 bits per heavy atom. The van der Waals surface area contributed by atoms with E-state index in [1.165, 1.54) is 31.2 Å². The summed E-state index contributed by atoms with van der Waals surface area (Å²) in [4.78, 5) is 16.2. The number of nitrogens with zero attached hydrogens (tertiary/aromatic N) is 3. The van der Waals surface area contributed by atoms with Crippen molar-refractivity contribution in [3.8, 4) is 34.7 Å². The third-order valence-corrected chi connectivity index (χ3v) is 8.00. The van der Waals surface area contributed by atoms with Gasteiger partial charge in [-0.3, -0.25) is 4.79 Å². The molecule has 10 heteroatoms. The topological polar surface area (TPSA) is 135 Å². The van der Waals surface area contributed by atoms with Gasteiger partial charge < -0.3 is 9.26 Å². The van der Waals surface area contributed by atoms with Gasteiger partial charge in [-0.15, -0.1) is 0 Å². The van der Waals surface area contributed by atoms with Gasteiger partial charge in [-0.05, 0) is 75.1 Å². The molecule has 1 aliphatic carbocycles. The molecule has 1 N–H and O–H groups in total. The van der Waals surface area contributed by atoms with Crippen molar-refractivity contribution in [3.05, 3.63) is 82.9 Å². The van der Waals surface area contributed by atoms with Crippen LogP contribution in [0, 0.1) is 11.3 Å². The monoisotopic (exact) mass is 542 g/mol. The Morgan fingerprint density at radius 3 is 2.62 bits per heavy atom. The zero-order chi connectivity index (χ0) is 27.7. The Labute approximate surface area is 226 Å². The highest BCUT2D eigenvalue weighted by atomic mass is 32.2. The number of benzene rings is 3. The van der Waals surface area contributed by atoms with Gasteiger partial charge >= 0.3 is 0 Å². The van der Waals surface area contributed by atoms with Gasteiger partial charge in [0.15, 0.2) is 5.78 Å². The number of ether oxygens (including phenoxy) is 1. The molecule has 4 aromatic rings. The fraction of sp³-hybridized carbons (Fsp3) is 0.241. The summed E-state index contributed by atoms with van der Waals surface area (Å²) in [5.41, 5.74) is 3.97. The van der Waals surface area contributed by atoms with Crippen LogP contribution in [-0.4, -0.2) is 30.4 Å². The molecule has 0 spiro atoms. The third-order valence-electron chi connectivity index (χ3n) is 6.52. The first-order valence-electron chi connectivity index (χ1n) is 12.5. The summed E-state index contributed by atoms with van der Waals surface area (Å²) in [6.07, 6.45) is 1.13.